The van der Waals surface area contributed by atoms with E-state index in [9.17, 15) is 9.18 Å². The van der Waals surface area contributed by atoms with Gasteiger partial charge in [0.2, 0.25) is 0 Å². The summed E-state index contributed by atoms with van der Waals surface area (Å²) in [5.74, 6) is -0.0882. The average molecular weight is 387 g/mol. The van der Waals surface area contributed by atoms with E-state index in [1.165, 1.54) is 11.0 Å². The van der Waals surface area contributed by atoms with E-state index >= 15 is 0 Å². The van der Waals surface area contributed by atoms with Crippen molar-refractivity contribution >= 4 is 23.3 Å². The quantitative estimate of drug-likeness (QED) is 0.710. The Hall–Kier alpha value is -3.58. The summed E-state index contributed by atoms with van der Waals surface area (Å²) in [6.45, 7) is 1.67. The Balaban J connectivity index is 1.75. The number of rotatable bonds is 4. The Kier molecular flexibility index (Phi) is 5.23. The molecule has 2 N–H and O–H groups in total. The molecule has 2 amide bonds. The van der Waals surface area contributed by atoms with Crippen LogP contribution in [-0.4, -0.2) is 30.8 Å². The lowest BCUT2D eigenvalue weighted by Gasteiger charge is -2.15. The zero-order chi connectivity index (χ0) is 19.4. The van der Waals surface area contributed by atoms with Gasteiger partial charge in [0.05, 0.1) is 22.3 Å². The number of nitrogens with one attached hydrogen (secondary N) is 2. The van der Waals surface area contributed by atoms with E-state index in [1.807, 2.05) is 6.07 Å². The van der Waals surface area contributed by atoms with E-state index in [1.54, 1.807) is 25.4 Å². The number of aromatic nitrogens is 5. The fourth-order valence-corrected chi connectivity index (χ4v) is 2.44. The molecule has 1 unspecified atom stereocenters. The topological polar surface area (TPSA) is 121 Å². The van der Waals surface area contributed by atoms with Crippen molar-refractivity contribution in [2.24, 2.45) is 0 Å². The minimum Gasteiger partial charge on any atom is -0.328 e. The molecular formula is C16H12ClFN8O. The first kappa shape index (κ1) is 18.2. The SMILES string of the molecule is CC(NC(=O)Nc1cc(C#N)c(Cl)cc1F)c1ncnn1-c1ncccn1. The maximum atomic E-state index is 13.9. The van der Waals surface area contributed by atoms with E-state index in [-0.39, 0.29) is 16.3 Å². The van der Waals surface area contributed by atoms with Gasteiger partial charge in [0, 0.05) is 12.4 Å². The fraction of sp³-hybridized carbons (Fsp3) is 0.125. The van der Waals surface area contributed by atoms with E-state index in [0.29, 0.717) is 11.8 Å². The molecule has 0 saturated carbocycles. The predicted octanol–water partition coefficient (Wildman–Crippen LogP) is 2.60. The van der Waals surface area contributed by atoms with Gasteiger partial charge in [0.15, 0.2) is 5.82 Å². The molecule has 11 heteroatoms. The summed E-state index contributed by atoms with van der Waals surface area (Å²) in [6, 6.07) is 4.30. The molecule has 9 nitrogen and oxygen atoms in total. The number of anilines is 1. The fourth-order valence-electron chi connectivity index (χ4n) is 2.25. The Morgan fingerprint density at radius 2 is 2.07 bits per heavy atom. The highest BCUT2D eigenvalue weighted by Crippen LogP contribution is 2.23. The van der Waals surface area contributed by atoms with Crippen molar-refractivity contribution in [3.05, 3.63) is 59.1 Å². The van der Waals surface area contributed by atoms with Crippen LogP contribution in [0.4, 0.5) is 14.9 Å². The highest BCUT2D eigenvalue weighted by Gasteiger charge is 2.19. The molecule has 2 aromatic heterocycles. The van der Waals surface area contributed by atoms with Crippen LogP contribution in [0.5, 0.6) is 0 Å². The van der Waals surface area contributed by atoms with Gasteiger partial charge in [-0.05, 0) is 25.1 Å². The largest absolute Gasteiger partial charge is 0.328 e. The van der Waals surface area contributed by atoms with Gasteiger partial charge in [-0.15, -0.1) is 0 Å². The first-order chi connectivity index (χ1) is 13.0. The van der Waals surface area contributed by atoms with Crippen molar-refractivity contribution in [1.82, 2.24) is 30.0 Å². The third kappa shape index (κ3) is 3.99. The highest BCUT2D eigenvalue weighted by molar-refractivity contribution is 6.31. The minimum atomic E-state index is -0.761. The van der Waals surface area contributed by atoms with Crippen LogP contribution in [0.1, 0.15) is 24.4 Å². The van der Waals surface area contributed by atoms with Gasteiger partial charge >= 0.3 is 6.03 Å². The lowest BCUT2D eigenvalue weighted by atomic mass is 10.2. The minimum absolute atomic E-state index is 0.0368. The number of halogens is 2. The van der Waals surface area contributed by atoms with Crippen molar-refractivity contribution in [3.63, 3.8) is 0 Å². The molecule has 3 rings (SSSR count). The second-order valence-electron chi connectivity index (χ2n) is 5.32. The second-order valence-corrected chi connectivity index (χ2v) is 5.73. The van der Waals surface area contributed by atoms with Crippen LogP contribution in [0.15, 0.2) is 36.9 Å². The molecule has 27 heavy (non-hydrogen) atoms. The number of nitrogens with zero attached hydrogens (tertiary/aromatic N) is 6. The number of hydrogen-bond donors (Lipinski definition) is 2. The zero-order valence-electron chi connectivity index (χ0n) is 13.9. The Bertz CT molecular complexity index is 1020. The molecule has 0 radical (unpaired) electrons. The number of benzene rings is 1. The predicted molar refractivity (Wildman–Crippen MR) is 93.6 cm³/mol. The first-order valence-corrected chi connectivity index (χ1v) is 8.01. The molecule has 0 aliphatic carbocycles. The van der Waals surface area contributed by atoms with E-state index in [0.717, 1.165) is 12.1 Å². The van der Waals surface area contributed by atoms with Crippen LogP contribution < -0.4 is 10.6 Å². The number of urea groups is 1. The molecular weight excluding hydrogens is 375 g/mol. The van der Waals surface area contributed by atoms with E-state index in [4.69, 9.17) is 16.9 Å². The summed E-state index contributed by atoms with van der Waals surface area (Å²) in [6.07, 6.45) is 4.41. The third-order valence-electron chi connectivity index (χ3n) is 3.48. The standard InChI is InChI=1S/C16H12ClFN8O/c1-9(14-22-8-23-26(14)15-20-3-2-4-21-15)24-16(27)25-13-5-10(7-19)11(17)6-12(13)18/h2-6,8-9H,1H3,(H2,24,25,27). The smallest absolute Gasteiger partial charge is 0.319 e. The van der Waals surface area contributed by atoms with E-state index in [2.05, 4.69) is 30.7 Å². The van der Waals surface area contributed by atoms with Gasteiger partial charge in [-0.3, -0.25) is 0 Å². The molecule has 136 valence electrons. The molecule has 1 aromatic carbocycles. The van der Waals surface area contributed by atoms with Crippen molar-refractivity contribution in [1.29, 1.82) is 5.26 Å². The highest BCUT2D eigenvalue weighted by atomic mass is 35.5. The number of carbonyl (C=O) groups excluding carboxylic acids is 1. The van der Waals surface area contributed by atoms with Gasteiger partial charge in [-0.25, -0.2) is 24.1 Å². The van der Waals surface area contributed by atoms with Gasteiger partial charge in [0.1, 0.15) is 18.2 Å². The van der Waals surface area contributed by atoms with Crippen molar-refractivity contribution < 1.29 is 9.18 Å². The summed E-state index contributed by atoms with van der Waals surface area (Å²) in [7, 11) is 0. The van der Waals surface area contributed by atoms with Gasteiger partial charge < -0.3 is 10.6 Å². The maximum Gasteiger partial charge on any atom is 0.319 e. The molecule has 0 bridgehead atoms. The molecule has 0 fully saturated rings. The number of nitriles is 1. The van der Waals surface area contributed by atoms with Gasteiger partial charge in [0.25, 0.3) is 5.95 Å². The van der Waals surface area contributed by atoms with Gasteiger partial charge in [-0.2, -0.15) is 15.0 Å². The summed E-state index contributed by atoms with van der Waals surface area (Å²) in [5, 5.41) is 17.9. The monoisotopic (exact) mass is 386 g/mol. The average Bonchev–Trinajstić information content (AvgIpc) is 3.14. The van der Waals surface area contributed by atoms with Crippen LogP contribution in [0.25, 0.3) is 5.95 Å². The Morgan fingerprint density at radius 3 is 2.78 bits per heavy atom. The van der Waals surface area contributed by atoms with Crippen LogP contribution in [-0.2, 0) is 0 Å². The zero-order valence-corrected chi connectivity index (χ0v) is 14.6. The van der Waals surface area contributed by atoms with Crippen molar-refractivity contribution in [2.75, 3.05) is 5.32 Å². The number of hydrogen-bond acceptors (Lipinski definition) is 6. The normalized spacial score (nSPS) is 11.5. The summed E-state index contributed by atoms with van der Waals surface area (Å²) in [4.78, 5) is 24.5. The lowest BCUT2D eigenvalue weighted by Crippen LogP contribution is -2.33. The van der Waals surface area contributed by atoms with Crippen LogP contribution in [0.3, 0.4) is 0 Å². The van der Waals surface area contributed by atoms with Gasteiger partial charge in [-0.1, -0.05) is 11.6 Å². The molecule has 0 spiro atoms. The van der Waals surface area contributed by atoms with Crippen LogP contribution >= 0.6 is 11.6 Å². The third-order valence-corrected chi connectivity index (χ3v) is 3.79. The molecule has 1 atom stereocenters. The first-order valence-electron chi connectivity index (χ1n) is 7.63. The maximum absolute atomic E-state index is 13.9. The summed E-state index contributed by atoms with van der Waals surface area (Å²) >= 11 is 5.75. The summed E-state index contributed by atoms with van der Waals surface area (Å²) in [5.41, 5.74) is -0.129. The van der Waals surface area contributed by atoms with Crippen molar-refractivity contribution in [2.45, 2.75) is 13.0 Å². The molecule has 3 aromatic rings. The molecule has 0 saturated heterocycles. The number of carbonyl (C=O) groups is 1. The number of amides is 2. The second kappa shape index (κ2) is 7.76. The van der Waals surface area contributed by atoms with Crippen molar-refractivity contribution in [3.8, 4) is 12.0 Å². The molecule has 0 aliphatic heterocycles. The van der Waals surface area contributed by atoms with E-state index < -0.39 is 17.9 Å². The van der Waals surface area contributed by atoms with Crippen LogP contribution in [0.2, 0.25) is 5.02 Å². The molecule has 0 aliphatic rings. The Labute approximate surface area is 157 Å². The Morgan fingerprint density at radius 1 is 1.33 bits per heavy atom. The molecule has 2 heterocycles. The summed E-state index contributed by atoms with van der Waals surface area (Å²) < 4.78 is 15.3. The lowest BCUT2D eigenvalue weighted by molar-refractivity contribution is 0.248. The van der Waals surface area contributed by atoms with Crippen LogP contribution in [0, 0.1) is 17.1 Å².